The zero-order valence-corrected chi connectivity index (χ0v) is 16.8. The van der Waals surface area contributed by atoms with Crippen molar-refractivity contribution in [1.29, 1.82) is 0 Å². The first-order valence-electron chi connectivity index (χ1n) is 8.15. The van der Waals surface area contributed by atoms with Gasteiger partial charge in [0.1, 0.15) is 0 Å². The minimum Gasteiger partial charge on any atom is -0.304 e. The number of terminal acetylenes is 1. The topological polar surface area (TPSA) is 68.5 Å². The summed E-state index contributed by atoms with van der Waals surface area (Å²) >= 11 is 1.37. The number of sulfone groups is 1. The van der Waals surface area contributed by atoms with Crippen molar-refractivity contribution in [2.45, 2.75) is 25.3 Å². The molecule has 2 aromatic carbocycles. The number of aromatic nitrogens is 1. The number of carbonyl (C=O) groups excluding carboxylic acids is 1. The van der Waals surface area contributed by atoms with Gasteiger partial charge in [-0.1, -0.05) is 41.5 Å². The molecule has 0 atom stereocenters. The Kier molecular flexibility index (Phi) is 5.05. The largest absolute Gasteiger partial charge is 0.304 e. The molecule has 0 unspecified atom stereocenters. The van der Waals surface area contributed by atoms with Gasteiger partial charge in [-0.3, -0.25) is 4.79 Å². The van der Waals surface area contributed by atoms with Gasteiger partial charge in [-0.15, -0.1) is 6.42 Å². The van der Waals surface area contributed by atoms with E-state index in [1.54, 1.807) is 12.1 Å². The number of rotatable bonds is 3. The van der Waals surface area contributed by atoms with Crippen molar-refractivity contribution in [2.75, 3.05) is 6.26 Å². The summed E-state index contributed by atoms with van der Waals surface area (Å²) in [6, 6.07) is 10.1. The fourth-order valence-corrected chi connectivity index (χ4v) is 4.97. The van der Waals surface area contributed by atoms with Crippen molar-refractivity contribution < 1.29 is 13.2 Å². The highest BCUT2D eigenvalue weighted by Gasteiger charge is 2.18. The predicted octanol–water partition coefficient (Wildman–Crippen LogP) is 3.10. The number of amides is 1. The van der Waals surface area contributed by atoms with Crippen LogP contribution in [0.4, 0.5) is 0 Å². The second-order valence-corrected chi connectivity index (χ2v) is 9.20. The Morgan fingerprint density at radius 2 is 1.85 bits per heavy atom. The van der Waals surface area contributed by atoms with Gasteiger partial charge < -0.3 is 4.57 Å². The van der Waals surface area contributed by atoms with Crippen LogP contribution in [0, 0.1) is 26.2 Å². The van der Waals surface area contributed by atoms with Gasteiger partial charge in [0.25, 0.3) is 5.91 Å². The number of hydrogen-bond acceptors (Lipinski definition) is 4. The Morgan fingerprint density at radius 1 is 1.19 bits per heavy atom. The fraction of sp³-hybridized carbons (Fsp3) is 0.200. The molecule has 0 bridgehead atoms. The van der Waals surface area contributed by atoms with Crippen LogP contribution in [0.15, 0.2) is 46.3 Å². The molecule has 1 amide bonds. The summed E-state index contributed by atoms with van der Waals surface area (Å²) in [7, 11) is -3.55. The molecule has 0 N–H and O–H groups in total. The monoisotopic (exact) mass is 398 g/mol. The van der Waals surface area contributed by atoms with Crippen molar-refractivity contribution in [1.82, 2.24) is 4.57 Å². The highest BCUT2D eigenvalue weighted by atomic mass is 32.2. The summed E-state index contributed by atoms with van der Waals surface area (Å²) in [4.78, 5) is 17.4. The minimum absolute atomic E-state index is 0.0317. The smallest absolute Gasteiger partial charge is 0.280 e. The van der Waals surface area contributed by atoms with Crippen molar-refractivity contribution in [2.24, 2.45) is 4.99 Å². The summed E-state index contributed by atoms with van der Waals surface area (Å²) in [6.07, 6.45) is 6.59. The number of fused-ring (bicyclic) bond motifs is 1. The van der Waals surface area contributed by atoms with Crippen LogP contribution in [0.25, 0.3) is 10.2 Å². The van der Waals surface area contributed by atoms with Gasteiger partial charge in [-0.05, 0) is 37.1 Å². The number of carbonyl (C=O) groups is 1. The highest BCUT2D eigenvalue weighted by Crippen LogP contribution is 2.25. The molecule has 0 radical (unpaired) electrons. The average Bonchev–Trinajstić information content (AvgIpc) is 2.97. The third-order valence-corrected chi connectivity index (χ3v) is 6.56. The van der Waals surface area contributed by atoms with Crippen LogP contribution in [-0.2, 0) is 16.4 Å². The molecule has 0 aliphatic rings. The van der Waals surface area contributed by atoms with E-state index in [2.05, 4.69) is 10.9 Å². The van der Waals surface area contributed by atoms with Gasteiger partial charge in [0.2, 0.25) is 0 Å². The van der Waals surface area contributed by atoms with E-state index >= 15 is 0 Å². The Labute approximate surface area is 161 Å². The summed E-state index contributed by atoms with van der Waals surface area (Å²) in [5, 5.41) is 0. The molecule has 7 heteroatoms. The molecule has 1 aromatic heterocycles. The predicted molar refractivity (Wildman–Crippen MR) is 108 cm³/mol. The Balaban J connectivity index is 2.28. The van der Waals surface area contributed by atoms with E-state index in [1.165, 1.54) is 23.5 Å². The van der Waals surface area contributed by atoms with Gasteiger partial charge >= 0.3 is 0 Å². The quantitative estimate of drug-likeness (QED) is 0.637. The zero-order chi connectivity index (χ0) is 19.8. The number of hydrogen-bond donors (Lipinski definition) is 0. The third kappa shape index (κ3) is 3.59. The first kappa shape index (κ1) is 19.1. The molecule has 138 valence electrons. The molecule has 3 rings (SSSR count). The maximum absolute atomic E-state index is 12.8. The van der Waals surface area contributed by atoms with Gasteiger partial charge in [-0.2, -0.15) is 4.99 Å². The van der Waals surface area contributed by atoms with Crippen LogP contribution in [0.5, 0.6) is 0 Å². The van der Waals surface area contributed by atoms with Gasteiger partial charge in [-0.25, -0.2) is 8.42 Å². The van der Waals surface area contributed by atoms with Gasteiger partial charge in [0.05, 0.1) is 27.2 Å². The van der Waals surface area contributed by atoms with Crippen LogP contribution in [-0.4, -0.2) is 25.1 Å². The van der Waals surface area contributed by atoms with Crippen molar-refractivity contribution in [3.05, 3.63) is 57.9 Å². The van der Waals surface area contributed by atoms with Crippen molar-refractivity contribution in [3.63, 3.8) is 0 Å². The highest BCUT2D eigenvalue weighted by molar-refractivity contribution is 7.90. The van der Waals surface area contributed by atoms with Crippen LogP contribution in [0.3, 0.4) is 0 Å². The first-order chi connectivity index (χ1) is 12.7. The molecule has 0 saturated heterocycles. The Morgan fingerprint density at radius 3 is 2.52 bits per heavy atom. The lowest BCUT2D eigenvalue weighted by atomic mass is 10.1. The van der Waals surface area contributed by atoms with E-state index in [0.29, 0.717) is 4.80 Å². The molecule has 0 aliphatic carbocycles. The molecule has 0 spiro atoms. The lowest BCUT2D eigenvalue weighted by Crippen LogP contribution is -2.17. The van der Waals surface area contributed by atoms with E-state index in [-0.39, 0.29) is 17.0 Å². The number of benzene rings is 2. The zero-order valence-electron chi connectivity index (χ0n) is 15.2. The van der Waals surface area contributed by atoms with Gasteiger partial charge in [0.15, 0.2) is 14.6 Å². The summed E-state index contributed by atoms with van der Waals surface area (Å²) < 4.78 is 26.8. The molecule has 5 nitrogen and oxygen atoms in total. The summed E-state index contributed by atoms with van der Waals surface area (Å²) in [5.41, 5.74) is 3.10. The lowest BCUT2D eigenvalue weighted by molar-refractivity contribution is 0.0994. The molecule has 3 aromatic rings. The van der Waals surface area contributed by atoms with Crippen LogP contribution < -0.4 is 4.80 Å². The Bertz CT molecular complexity index is 1270. The molecule has 1 heterocycles. The second-order valence-electron chi connectivity index (χ2n) is 6.24. The standard InChI is InChI=1S/C20H18N2O3S2/c1-5-12-22-17-13(2)10-11-14(3)18(17)26-20(22)21-19(23)15-8-6-7-9-16(15)27(4,24)25/h1,6-11H,12H2,2-4H3. The molecular formula is C20H18N2O3S2. The van der Waals surface area contributed by atoms with Crippen LogP contribution >= 0.6 is 11.3 Å². The summed E-state index contributed by atoms with van der Waals surface area (Å²) in [6.45, 7) is 4.24. The second kappa shape index (κ2) is 7.14. The van der Waals surface area contributed by atoms with Gasteiger partial charge in [0, 0.05) is 6.26 Å². The minimum atomic E-state index is -3.55. The number of nitrogens with zero attached hydrogens (tertiary/aromatic N) is 2. The SMILES string of the molecule is C#CCn1c(=NC(=O)c2ccccc2S(C)(=O)=O)sc2c(C)ccc(C)c21. The van der Waals surface area contributed by atoms with E-state index < -0.39 is 15.7 Å². The average molecular weight is 399 g/mol. The molecule has 0 fully saturated rings. The molecule has 27 heavy (non-hydrogen) atoms. The van der Waals surface area contributed by atoms with E-state index in [4.69, 9.17) is 6.42 Å². The van der Waals surface area contributed by atoms with E-state index in [9.17, 15) is 13.2 Å². The Hall–Kier alpha value is -2.69. The normalized spacial score (nSPS) is 12.3. The maximum Gasteiger partial charge on any atom is 0.280 e. The van der Waals surface area contributed by atoms with Crippen LogP contribution in [0.2, 0.25) is 0 Å². The first-order valence-corrected chi connectivity index (χ1v) is 10.9. The summed E-state index contributed by atoms with van der Waals surface area (Å²) in [5.74, 6) is 1.99. The maximum atomic E-state index is 12.8. The van der Waals surface area contributed by atoms with Crippen LogP contribution in [0.1, 0.15) is 21.5 Å². The van der Waals surface area contributed by atoms with E-state index in [0.717, 1.165) is 27.6 Å². The number of aryl methyl sites for hydroxylation is 2. The fourth-order valence-electron chi connectivity index (χ4n) is 2.91. The molecule has 0 saturated carbocycles. The molecule has 0 aliphatic heterocycles. The third-order valence-electron chi connectivity index (χ3n) is 4.19. The number of thiazole rings is 1. The molecular weight excluding hydrogens is 380 g/mol. The van der Waals surface area contributed by atoms with Crippen molar-refractivity contribution in [3.8, 4) is 12.3 Å². The van der Waals surface area contributed by atoms with E-state index in [1.807, 2.05) is 30.5 Å². The lowest BCUT2D eigenvalue weighted by Gasteiger charge is -2.05. The van der Waals surface area contributed by atoms with Crippen molar-refractivity contribution >= 4 is 37.3 Å².